The third-order valence-electron chi connectivity index (χ3n) is 11.7. The molecule has 11 atom stereocenters. The first-order valence-corrected chi connectivity index (χ1v) is 14.8. The minimum Gasteiger partial charge on any atom is -0.451 e. The molecule has 7 fully saturated rings. The van der Waals surface area contributed by atoms with E-state index in [1.807, 2.05) is 0 Å². The summed E-state index contributed by atoms with van der Waals surface area (Å²) in [5, 5.41) is 53.9. The Morgan fingerprint density at radius 1 is 1.28 bits per heavy atom. The van der Waals surface area contributed by atoms with E-state index in [0.717, 1.165) is 0 Å². The zero-order valence-corrected chi connectivity index (χ0v) is 23.4. The highest BCUT2D eigenvalue weighted by molar-refractivity contribution is 7.51. The molecule has 1 aromatic heterocycles. The van der Waals surface area contributed by atoms with E-state index in [-0.39, 0.29) is 25.0 Å². The van der Waals surface area contributed by atoms with Gasteiger partial charge in [0.15, 0.2) is 23.1 Å². The molecule has 0 radical (unpaired) electrons. The van der Waals surface area contributed by atoms with E-state index < -0.39 is 76.5 Å². The fraction of sp³-hybridized carbons (Fsp3) is 0.731. The first-order valence-electron chi connectivity index (χ1n) is 13.3. The maximum Gasteiger partial charge on any atom is 0.406 e. The van der Waals surface area contributed by atoms with Crippen LogP contribution in [0.25, 0.3) is 0 Å². The van der Waals surface area contributed by atoms with Gasteiger partial charge in [0.1, 0.15) is 28.6 Å². The normalized spacial score (nSPS) is 58.3. The maximum absolute atomic E-state index is 14.1. The summed E-state index contributed by atoms with van der Waals surface area (Å²) < 4.78 is 39.1. The quantitative estimate of drug-likeness (QED) is 0.175. The van der Waals surface area contributed by atoms with Crippen LogP contribution in [0.2, 0.25) is 0 Å². The highest BCUT2D eigenvalue weighted by Crippen LogP contribution is 2.94. The second-order valence-electron chi connectivity index (χ2n) is 12.9. The number of esters is 1. The Labute approximate surface area is 225 Å². The van der Waals surface area contributed by atoms with Crippen LogP contribution in [0.4, 0.5) is 0 Å². The fourth-order valence-corrected chi connectivity index (χ4v) is 11.7. The second kappa shape index (κ2) is 6.72. The lowest BCUT2D eigenvalue weighted by molar-refractivity contribution is -0.381. The van der Waals surface area contributed by atoms with Crippen LogP contribution >= 0.6 is 7.75 Å². The highest BCUT2D eigenvalue weighted by atomic mass is 31.2. The molecule has 0 unspecified atom stereocenters. The van der Waals surface area contributed by atoms with Gasteiger partial charge in [-0.1, -0.05) is 27.4 Å². The standard InChI is InChI=1S/C26H35N2O10P/c1-13(2)23(32)18(35-17(29)15-8-7-11-28-15)24(33)19(4)12-22(31)20(23,5)26(24)25(37-22)16(36-39(34,27-6)38-26)14(3)9-10-21(19,25)30/h7-8,11,13,16,18,28,30-33H,3,9-10,12H2,1-2,4-6H3,(H,27,34)/t16-,18-,19+,20-,21+,22+,23-,24-,25-,26-,39-/m1/s1. The van der Waals surface area contributed by atoms with Crippen LogP contribution in [0, 0.1) is 16.7 Å². The summed E-state index contributed by atoms with van der Waals surface area (Å²) in [6.07, 6.45) is -1.56. The number of nitrogens with one attached hydrogen (secondary N) is 2. The summed E-state index contributed by atoms with van der Waals surface area (Å²) in [7, 11) is -2.94. The van der Waals surface area contributed by atoms with Crippen LogP contribution in [0.15, 0.2) is 30.5 Å². The van der Waals surface area contributed by atoms with Gasteiger partial charge in [-0.25, -0.2) is 14.4 Å². The van der Waals surface area contributed by atoms with E-state index in [2.05, 4.69) is 16.7 Å². The predicted octanol–water partition coefficient (Wildman–Crippen LogP) is 1.12. The van der Waals surface area contributed by atoms with Crippen molar-refractivity contribution < 1.29 is 48.3 Å². The third-order valence-corrected chi connectivity index (χ3v) is 13.2. The van der Waals surface area contributed by atoms with E-state index in [9.17, 15) is 29.8 Å². The number of aliphatic hydroxyl groups is 4. The Morgan fingerprint density at radius 2 is 1.97 bits per heavy atom. The summed E-state index contributed by atoms with van der Waals surface area (Å²) in [5.74, 6) is -3.86. The van der Waals surface area contributed by atoms with Crippen LogP contribution < -0.4 is 5.09 Å². The van der Waals surface area contributed by atoms with Crippen molar-refractivity contribution in [3.63, 3.8) is 0 Å². The molecule has 3 aliphatic heterocycles. The van der Waals surface area contributed by atoms with Gasteiger partial charge in [-0.15, -0.1) is 0 Å². The Kier molecular flexibility index (Phi) is 4.53. The largest absolute Gasteiger partial charge is 0.451 e. The lowest BCUT2D eigenvalue weighted by Gasteiger charge is -2.60. The number of rotatable bonds is 4. The van der Waals surface area contributed by atoms with Gasteiger partial charge in [0.2, 0.25) is 0 Å². The van der Waals surface area contributed by atoms with Crippen LogP contribution in [0.5, 0.6) is 0 Å². The molecule has 3 saturated heterocycles. The number of aromatic amines is 1. The molecule has 0 aromatic carbocycles. The molecule has 6 bridgehead atoms. The summed E-state index contributed by atoms with van der Waals surface area (Å²) in [6, 6.07) is 3.08. The number of hydrogen-bond acceptors (Lipinski definition) is 10. The Bertz CT molecular complexity index is 1390. The molecule has 12 nitrogen and oxygen atoms in total. The minimum absolute atomic E-state index is 0.0447. The monoisotopic (exact) mass is 566 g/mol. The average molecular weight is 567 g/mol. The molecule has 6 N–H and O–H groups in total. The number of ether oxygens (including phenoxy) is 2. The molecule has 8 rings (SSSR count). The smallest absolute Gasteiger partial charge is 0.406 e. The van der Waals surface area contributed by atoms with Crippen molar-refractivity contribution in [2.75, 3.05) is 7.05 Å². The molecule has 0 amide bonds. The zero-order valence-electron chi connectivity index (χ0n) is 22.5. The van der Waals surface area contributed by atoms with E-state index in [1.54, 1.807) is 26.8 Å². The highest BCUT2D eigenvalue weighted by Gasteiger charge is 3.12. The van der Waals surface area contributed by atoms with Gasteiger partial charge >= 0.3 is 13.7 Å². The van der Waals surface area contributed by atoms with Gasteiger partial charge in [-0.05, 0) is 50.4 Å². The van der Waals surface area contributed by atoms with Crippen LogP contribution in [-0.4, -0.2) is 84.4 Å². The summed E-state index contributed by atoms with van der Waals surface area (Å²) in [4.78, 5) is 16.2. The fourth-order valence-electron chi connectivity index (χ4n) is 10.0. The van der Waals surface area contributed by atoms with E-state index in [4.69, 9.17) is 18.5 Å². The second-order valence-corrected chi connectivity index (χ2v) is 14.7. The van der Waals surface area contributed by atoms with Crippen LogP contribution in [0.3, 0.4) is 0 Å². The molecular formula is C26H35N2O10P. The SMILES string of the molecule is C=C1CC[C@]2(O)[C@]3(C)C[C@]4(O)O[C@]25[C@@H]1O[P@](=O)(NC)O[C@]51[C@@]3(O)[C@H](OC(=O)c2ccc[nH]2)[C@](O)(C(C)C)[C@]14C. The predicted molar refractivity (Wildman–Crippen MR) is 133 cm³/mol. The molecular weight excluding hydrogens is 531 g/mol. The molecule has 214 valence electrons. The van der Waals surface area contributed by atoms with E-state index >= 15 is 0 Å². The van der Waals surface area contributed by atoms with E-state index in [0.29, 0.717) is 5.57 Å². The molecule has 4 heterocycles. The Balaban J connectivity index is 1.62. The molecule has 39 heavy (non-hydrogen) atoms. The average Bonchev–Trinajstić information content (AvgIpc) is 3.50. The topological polar surface area (TPSA) is 180 Å². The number of hydrogen-bond donors (Lipinski definition) is 6. The molecule has 4 aliphatic carbocycles. The van der Waals surface area contributed by atoms with Crippen molar-refractivity contribution in [1.82, 2.24) is 10.1 Å². The zero-order chi connectivity index (χ0) is 28.4. The number of aromatic nitrogens is 1. The Morgan fingerprint density at radius 3 is 2.56 bits per heavy atom. The van der Waals surface area contributed by atoms with E-state index in [1.165, 1.54) is 26.2 Å². The van der Waals surface area contributed by atoms with Crippen molar-refractivity contribution >= 4 is 13.7 Å². The molecule has 4 saturated carbocycles. The van der Waals surface area contributed by atoms with Crippen molar-refractivity contribution in [2.24, 2.45) is 16.7 Å². The summed E-state index contributed by atoms with van der Waals surface area (Å²) >= 11 is 0. The third kappa shape index (κ3) is 2.04. The molecule has 13 heteroatoms. The van der Waals surface area contributed by atoms with Gasteiger partial charge in [0, 0.05) is 18.0 Å². The van der Waals surface area contributed by atoms with Gasteiger partial charge < -0.3 is 34.9 Å². The lowest BCUT2D eigenvalue weighted by Crippen LogP contribution is -2.77. The molecule has 1 aromatic rings. The number of carbonyl (C=O) groups excluding carboxylic acids is 1. The summed E-state index contributed by atoms with van der Waals surface area (Å²) in [6.45, 7) is 10.5. The van der Waals surface area contributed by atoms with Crippen molar-refractivity contribution in [1.29, 1.82) is 0 Å². The first-order chi connectivity index (χ1) is 18.0. The number of H-pyrrole nitrogens is 1. The molecule has 2 spiro atoms. The lowest BCUT2D eigenvalue weighted by atomic mass is 9.52. The molecule has 7 aliphatic rings. The van der Waals surface area contributed by atoms with Crippen LogP contribution in [-0.2, 0) is 23.1 Å². The van der Waals surface area contributed by atoms with Gasteiger partial charge in [0.05, 0.1) is 5.41 Å². The summed E-state index contributed by atoms with van der Waals surface area (Å²) in [5.41, 5.74) is -14.1. The van der Waals surface area contributed by atoms with Gasteiger partial charge in [0.25, 0.3) is 0 Å². The van der Waals surface area contributed by atoms with Crippen molar-refractivity contribution in [3.8, 4) is 0 Å². The van der Waals surface area contributed by atoms with Gasteiger partial charge in [-0.2, -0.15) is 0 Å². The van der Waals surface area contributed by atoms with Crippen molar-refractivity contribution in [3.05, 3.63) is 36.2 Å². The first kappa shape index (κ1) is 26.3. The number of carbonyl (C=O) groups is 1. The maximum atomic E-state index is 14.1. The van der Waals surface area contributed by atoms with Crippen LogP contribution in [0.1, 0.15) is 57.4 Å². The minimum atomic E-state index is -4.29. The Hall–Kier alpha value is -1.60. The van der Waals surface area contributed by atoms with Gasteiger partial charge in [-0.3, -0.25) is 9.05 Å². The van der Waals surface area contributed by atoms with Crippen molar-refractivity contribution in [2.45, 2.75) is 93.0 Å².